The van der Waals surface area contributed by atoms with Crippen LogP contribution in [0, 0.1) is 13.8 Å². The molecule has 2 aromatic carbocycles. The van der Waals surface area contributed by atoms with Crippen LogP contribution in [-0.2, 0) is 0 Å². The molecule has 1 aromatic heterocycles. The smallest absolute Gasteiger partial charge is 0.220 e. The van der Waals surface area contributed by atoms with Gasteiger partial charge in [0.2, 0.25) is 5.96 Å². The maximum Gasteiger partial charge on any atom is 0.220 e. The molecule has 0 spiro atoms. The van der Waals surface area contributed by atoms with Gasteiger partial charge in [-0.25, -0.2) is 10.8 Å². The van der Waals surface area contributed by atoms with Gasteiger partial charge in [0.1, 0.15) is 0 Å². The summed E-state index contributed by atoms with van der Waals surface area (Å²) in [7, 11) is 0. The highest BCUT2D eigenvalue weighted by atomic mass is 35.5. The Kier molecular flexibility index (Phi) is 5.16. The van der Waals surface area contributed by atoms with Crippen molar-refractivity contribution >= 4 is 18.4 Å². The van der Waals surface area contributed by atoms with Crippen molar-refractivity contribution < 1.29 is 0 Å². The molecule has 134 valence electrons. The van der Waals surface area contributed by atoms with Gasteiger partial charge in [0.15, 0.2) is 0 Å². The molecule has 0 atom stereocenters. The molecule has 1 aliphatic heterocycles. The quantitative estimate of drug-likeness (QED) is 0.689. The van der Waals surface area contributed by atoms with E-state index in [4.69, 9.17) is 5.84 Å². The van der Waals surface area contributed by atoms with Gasteiger partial charge in [0.05, 0.1) is 24.5 Å². The Hall–Kier alpha value is -2.56. The lowest BCUT2D eigenvalue weighted by molar-refractivity contribution is 0.471. The molecule has 3 aromatic rings. The van der Waals surface area contributed by atoms with Gasteiger partial charge < -0.3 is 0 Å². The fourth-order valence-electron chi connectivity index (χ4n) is 3.20. The van der Waals surface area contributed by atoms with E-state index in [9.17, 15) is 0 Å². The summed E-state index contributed by atoms with van der Waals surface area (Å²) in [6.45, 7) is 5.67. The van der Waals surface area contributed by atoms with Gasteiger partial charge in [-0.1, -0.05) is 59.7 Å². The molecule has 0 saturated carbocycles. The second kappa shape index (κ2) is 7.36. The van der Waals surface area contributed by atoms with E-state index in [1.54, 1.807) is 5.01 Å². The molecule has 0 radical (unpaired) electrons. The van der Waals surface area contributed by atoms with Crippen LogP contribution in [0.25, 0.3) is 22.5 Å². The second-order valence-electron chi connectivity index (χ2n) is 6.55. The molecule has 0 bridgehead atoms. The van der Waals surface area contributed by atoms with Crippen molar-refractivity contribution in [3.8, 4) is 22.5 Å². The highest BCUT2D eigenvalue weighted by molar-refractivity contribution is 5.92. The van der Waals surface area contributed by atoms with Crippen LogP contribution in [0.2, 0.25) is 0 Å². The fourth-order valence-corrected chi connectivity index (χ4v) is 3.20. The topological polar surface area (TPSA) is 46.5 Å². The first-order chi connectivity index (χ1) is 12.1. The molecule has 0 unspecified atom stereocenters. The van der Waals surface area contributed by atoms with Crippen molar-refractivity contribution in [3.05, 3.63) is 71.8 Å². The Bertz CT molecular complexity index is 861. The Morgan fingerprint density at radius 3 is 1.62 bits per heavy atom. The van der Waals surface area contributed by atoms with E-state index in [0.29, 0.717) is 0 Å². The van der Waals surface area contributed by atoms with Crippen LogP contribution in [0.3, 0.4) is 0 Å². The summed E-state index contributed by atoms with van der Waals surface area (Å²) in [5.41, 5.74) is 7.02. The molecule has 4 nitrogen and oxygen atoms in total. The minimum atomic E-state index is 0. The number of benzene rings is 2. The number of aromatic nitrogens is 1. The third-order valence-electron chi connectivity index (χ3n) is 4.63. The van der Waals surface area contributed by atoms with E-state index in [-0.39, 0.29) is 12.4 Å². The zero-order chi connectivity index (χ0) is 17.4. The van der Waals surface area contributed by atoms with Crippen molar-refractivity contribution in [2.24, 2.45) is 10.8 Å². The summed E-state index contributed by atoms with van der Waals surface area (Å²) < 4.78 is 2.17. The van der Waals surface area contributed by atoms with Crippen molar-refractivity contribution in [1.82, 2.24) is 9.58 Å². The Balaban J connectivity index is 0.00000196. The van der Waals surface area contributed by atoms with E-state index < -0.39 is 0 Å². The van der Waals surface area contributed by atoms with Gasteiger partial charge in [0.25, 0.3) is 0 Å². The number of hydrogen-bond donors (Lipinski definition) is 1. The number of hydrazine groups is 1. The van der Waals surface area contributed by atoms with E-state index in [1.807, 2.05) is 0 Å². The summed E-state index contributed by atoms with van der Waals surface area (Å²) in [6.07, 6.45) is 0. The molecule has 0 fully saturated rings. The largest absolute Gasteiger partial charge is 0.279 e. The first kappa shape index (κ1) is 18.2. The van der Waals surface area contributed by atoms with E-state index >= 15 is 0 Å². The number of hydrogen-bond acceptors (Lipinski definition) is 3. The second-order valence-corrected chi connectivity index (χ2v) is 6.55. The van der Waals surface area contributed by atoms with Crippen LogP contribution in [0.5, 0.6) is 0 Å². The van der Waals surface area contributed by atoms with Gasteiger partial charge >= 0.3 is 0 Å². The van der Waals surface area contributed by atoms with Crippen molar-refractivity contribution in [1.29, 1.82) is 0 Å². The molecule has 2 N–H and O–H groups in total. The lowest BCUT2D eigenvalue weighted by Crippen LogP contribution is -2.39. The normalized spacial score (nSPS) is 13.5. The van der Waals surface area contributed by atoms with Crippen molar-refractivity contribution in [2.75, 3.05) is 13.1 Å². The minimum absolute atomic E-state index is 0. The van der Waals surface area contributed by atoms with Crippen molar-refractivity contribution in [3.63, 3.8) is 0 Å². The molecular weight excluding hydrogens is 344 g/mol. The number of rotatable bonds is 2. The molecule has 2 heterocycles. The number of halogens is 1. The van der Waals surface area contributed by atoms with Gasteiger partial charge in [-0.15, -0.1) is 12.4 Å². The van der Waals surface area contributed by atoms with Gasteiger partial charge in [0, 0.05) is 0 Å². The first-order valence-corrected chi connectivity index (χ1v) is 8.56. The Morgan fingerprint density at radius 1 is 0.769 bits per heavy atom. The molecule has 26 heavy (non-hydrogen) atoms. The van der Waals surface area contributed by atoms with E-state index in [0.717, 1.165) is 41.6 Å². The maximum absolute atomic E-state index is 6.19. The molecule has 0 amide bonds. The van der Waals surface area contributed by atoms with E-state index in [1.165, 1.54) is 11.1 Å². The van der Waals surface area contributed by atoms with Crippen LogP contribution in [0.4, 0.5) is 0 Å². The van der Waals surface area contributed by atoms with Gasteiger partial charge in [-0.2, -0.15) is 0 Å². The summed E-state index contributed by atoms with van der Waals surface area (Å²) in [5.74, 6) is 7.00. The number of aryl methyl sites for hydroxylation is 2. The van der Waals surface area contributed by atoms with Crippen molar-refractivity contribution in [2.45, 2.75) is 13.8 Å². The minimum Gasteiger partial charge on any atom is -0.279 e. The highest BCUT2D eigenvalue weighted by Crippen LogP contribution is 2.30. The average Bonchev–Trinajstić information content (AvgIpc) is 3.22. The molecule has 1 aliphatic rings. The average molecular weight is 367 g/mol. The van der Waals surface area contributed by atoms with E-state index in [2.05, 4.69) is 84.1 Å². The highest BCUT2D eigenvalue weighted by Gasteiger charge is 2.22. The zero-order valence-corrected chi connectivity index (χ0v) is 15.8. The van der Waals surface area contributed by atoms with Crippen LogP contribution < -0.4 is 5.84 Å². The monoisotopic (exact) mass is 366 g/mol. The number of nitrogens with two attached hydrogens (primary N) is 1. The fraction of sp³-hybridized carbons (Fsp3) is 0.190. The summed E-state index contributed by atoms with van der Waals surface area (Å²) >= 11 is 0. The third-order valence-corrected chi connectivity index (χ3v) is 4.63. The molecule has 0 aliphatic carbocycles. The summed E-state index contributed by atoms with van der Waals surface area (Å²) in [6, 6.07) is 21.4. The first-order valence-electron chi connectivity index (χ1n) is 8.56. The van der Waals surface area contributed by atoms with Gasteiger partial charge in [-0.05, 0) is 37.1 Å². The standard InChI is InChI=1S/C21H22N4.ClH/c1-15-3-7-17(8-4-15)19-11-12-20(18-9-5-16(2)6-10-18)25(19)21-23-13-14-24(21)22;/h3-12H,13-14,22H2,1-2H3;1H. The third kappa shape index (κ3) is 3.26. The predicted octanol–water partition coefficient (Wildman–Crippen LogP) is 4.25. The lowest BCUT2D eigenvalue weighted by Gasteiger charge is -2.20. The SMILES string of the molecule is Cc1ccc(-c2ccc(-c3ccc(C)cc3)n2C2=NCCN2N)cc1.Cl. The Labute approximate surface area is 160 Å². The lowest BCUT2D eigenvalue weighted by atomic mass is 10.1. The molecular formula is C21H23ClN4. The zero-order valence-electron chi connectivity index (χ0n) is 15.0. The summed E-state index contributed by atoms with van der Waals surface area (Å²) in [5, 5.41) is 1.73. The van der Waals surface area contributed by atoms with Crippen LogP contribution in [0.15, 0.2) is 65.7 Å². The molecule has 0 saturated heterocycles. The molecule has 5 heteroatoms. The Morgan fingerprint density at radius 2 is 1.23 bits per heavy atom. The molecule has 4 rings (SSSR count). The van der Waals surface area contributed by atoms with Gasteiger partial charge in [-0.3, -0.25) is 9.58 Å². The maximum atomic E-state index is 6.19. The predicted molar refractivity (Wildman–Crippen MR) is 111 cm³/mol. The van der Waals surface area contributed by atoms with Crippen LogP contribution in [0.1, 0.15) is 11.1 Å². The van der Waals surface area contributed by atoms with Crippen LogP contribution >= 0.6 is 12.4 Å². The summed E-state index contributed by atoms with van der Waals surface area (Å²) in [4.78, 5) is 4.65. The van der Waals surface area contributed by atoms with Crippen LogP contribution in [-0.4, -0.2) is 28.6 Å². The number of nitrogens with zero attached hydrogens (tertiary/aromatic N) is 3. The number of aliphatic imine (C=N–C) groups is 1.